The van der Waals surface area contributed by atoms with Crippen molar-refractivity contribution in [1.29, 1.82) is 0 Å². The summed E-state index contributed by atoms with van der Waals surface area (Å²) in [6, 6.07) is 2.05. The minimum absolute atomic E-state index is 0.111. The molecule has 18 heavy (non-hydrogen) atoms. The zero-order valence-electron chi connectivity index (χ0n) is 11.4. The summed E-state index contributed by atoms with van der Waals surface area (Å²) in [7, 11) is 0. The van der Waals surface area contributed by atoms with E-state index >= 15 is 0 Å². The van der Waals surface area contributed by atoms with Gasteiger partial charge in [-0.3, -0.25) is 4.79 Å². The maximum Gasteiger partial charge on any atom is 0.270 e. The first kappa shape index (κ1) is 12.8. The van der Waals surface area contributed by atoms with Gasteiger partial charge in [-0.25, -0.2) is 9.97 Å². The van der Waals surface area contributed by atoms with Crippen molar-refractivity contribution in [2.75, 3.05) is 5.32 Å². The summed E-state index contributed by atoms with van der Waals surface area (Å²) in [5.41, 5.74) is 1.09. The molecule has 0 aromatic carbocycles. The Kier molecular flexibility index (Phi) is 3.24. The number of hydrogen-bond acceptors (Lipinski definition) is 4. The summed E-state index contributed by atoms with van der Waals surface area (Å²) < 4.78 is 0. The second kappa shape index (κ2) is 4.55. The molecule has 1 aliphatic carbocycles. The highest BCUT2D eigenvalue weighted by Gasteiger charge is 2.25. The molecule has 1 aromatic heterocycles. The molecule has 1 fully saturated rings. The molecule has 1 heterocycles. The van der Waals surface area contributed by atoms with Gasteiger partial charge >= 0.3 is 0 Å². The van der Waals surface area contributed by atoms with Crippen LogP contribution in [0, 0.1) is 6.92 Å². The van der Waals surface area contributed by atoms with Crippen LogP contribution in [-0.4, -0.2) is 27.5 Å². The van der Waals surface area contributed by atoms with Gasteiger partial charge in [-0.2, -0.15) is 0 Å². The molecule has 0 atom stereocenters. The van der Waals surface area contributed by atoms with E-state index in [4.69, 9.17) is 0 Å². The average molecular weight is 248 g/mol. The molecule has 0 aliphatic heterocycles. The number of nitrogens with zero attached hydrogens (tertiary/aromatic N) is 2. The first-order chi connectivity index (χ1) is 8.33. The Labute approximate surface area is 107 Å². The van der Waals surface area contributed by atoms with E-state index in [1.54, 1.807) is 6.07 Å². The third kappa shape index (κ3) is 3.68. The highest BCUT2D eigenvalue weighted by Crippen LogP contribution is 2.19. The minimum Gasteiger partial charge on any atom is -0.350 e. The first-order valence-corrected chi connectivity index (χ1v) is 6.28. The molecule has 1 aliphatic rings. The van der Waals surface area contributed by atoms with Gasteiger partial charge in [0.2, 0.25) is 5.95 Å². The van der Waals surface area contributed by atoms with Crippen molar-refractivity contribution >= 4 is 11.9 Å². The fourth-order valence-electron chi connectivity index (χ4n) is 1.56. The number of carbonyl (C=O) groups excluding carboxylic acids is 1. The standard InChI is InChI=1S/C13H20N4O/c1-8-7-10(11(18)15-9-5-6-9)16-12(14-8)17-13(2,3)4/h7,9H,5-6H2,1-4H3,(H,15,18)(H,14,16,17). The van der Waals surface area contributed by atoms with E-state index < -0.39 is 0 Å². The number of carbonyl (C=O) groups is 1. The van der Waals surface area contributed by atoms with Crippen molar-refractivity contribution in [3.05, 3.63) is 17.5 Å². The summed E-state index contributed by atoms with van der Waals surface area (Å²) in [6.07, 6.45) is 2.14. The lowest BCUT2D eigenvalue weighted by Crippen LogP contribution is -2.30. The quantitative estimate of drug-likeness (QED) is 0.857. The Hall–Kier alpha value is -1.65. The number of hydrogen-bond donors (Lipinski definition) is 2. The highest BCUT2D eigenvalue weighted by molar-refractivity contribution is 5.93. The van der Waals surface area contributed by atoms with Crippen molar-refractivity contribution in [2.45, 2.75) is 52.1 Å². The third-order valence-corrected chi connectivity index (χ3v) is 2.49. The Morgan fingerprint density at radius 1 is 1.33 bits per heavy atom. The lowest BCUT2D eigenvalue weighted by atomic mass is 10.1. The average Bonchev–Trinajstić information content (AvgIpc) is 2.97. The van der Waals surface area contributed by atoms with E-state index in [1.165, 1.54) is 0 Å². The maximum atomic E-state index is 11.9. The molecule has 5 nitrogen and oxygen atoms in total. The second-order valence-corrected chi connectivity index (χ2v) is 5.84. The van der Waals surface area contributed by atoms with Crippen molar-refractivity contribution < 1.29 is 4.79 Å². The van der Waals surface area contributed by atoms with Gasteiger partial charge in [-0.05, 0) is 46.6 Å². The Bertz CT molecular complexity index is 461. The molecule has 0 saturated heterocycles. The zero-order valence-corrected chi connectivity index (χ0v) is 11.4. The summed E-state index contributed by atoms with van der Waals surface area (Å²) in [5, 5.41) is 6.11. The number of rotatable bonds is 3. The van der Waals surface area contributed by atoms with Crippen LogP contribution >= 0.6 is 0 Å². The van der Waals surface area contributed by atoms with Crippen LogP contribution in [0.1, 0.15) is 49.8 Å². The lowest BCUT2D eigenvalue weighted by Gasteiger charge is -2.20. The van der Waals surface area contributed by atoms with Crippen LogP contribution < -0.4 is 10.6 Å². The molecule has 98 valence electrons. The monoisotopic (exact) mass is 248 g/mol. The second-order valence-electron chi connectivity index (χ2n) is 5.84. The van der Waals surface area contributed by atoms with Crippen molar-refractivity contribution in [2.24, 2.45) is 0 Å². The smallest absolute Gasteiger partial charge is 0.270 e. The Morgan fingerprint density at radius 3 is 2.56 bits per heavy atom. The molecular formula is C13H20N4O. The summed E-state index contributed by atoms with van der Waals surface area (Å²) >= 11 is 0. The summed E-state index contributed by atoms with van der Waals surface area (Å²) in [4.78, 5) is 20.5. The molecule has 0 radical (unpaired) electrons. The normalized spacial score (nSPS) is 15.3. The van der Waals surface area contributed by atoms with Crippen LogP contribution in [0.2, 0.25) is 0 Å². The van der Waals surface area contributed by atoms with Crippen LogP contribution in [0.3, 0.4) is 0 Å². The van der Waals surface area contributed by atoms with Crippen LogP contribution in [0.15, 0.2) is 6.07 Å². The molecule has 1 saturated carbocycles. The van der Waals surface area contributed by atoms with E-state index in [9.17, 15) is 4.79 Å². The lowest BCUT2D eigenvalue weighted by molar-refractivity contribution is 0.0946. The van der Waals surface area contributed by atoms with Gasteiger partial charge in [0.25, 0.3) is 5.91 Å². The maximum absolute atomic E-state index is 11.9. The predicted molar refractivity (Wildman–Crippen MR) is 70.6 cm³/mol. The van der Waals surface area contributed by atoms with Crippen molar-refractivity contribution in [3.63, 3.8) is 0 Å². The van der Waals surface area contributed by atoms with Crippen LogP contribution in [-0.2, 0) is 0 Å². The third-order valence-electron chi connectivity index (χ3n) is 2.49. The van der Waals surface area contributed by atoms with Gasteiger partial charge in [-0.15, -0.1) is 0 Å². The molecular weight excluding hydrogens is 228 g/mol. The van der Waals surface area contributed by atoms with Crippen LogP contribution in [0.5, 0.6) is 0 Å². The molecule has 0 unspecified atom stereocenters. The largest absolute Gasteiger partial charge is 0.350 e. The molecule has 5 heteroatoms. The fraction of sp³-hybridized carbons (Fsp3) is 0.615. The summed E-state index contributed by atoms with van der Waals surface area (Å²) in [6.45, 7) is 7.96. The molecule has 0 bridgehead atoms. The Balaban J connectivity index is 2.17. The van der Waals surface area contributed by atoms with Crippen LogP contribution in [0.4, 0.5) is 5.95 Å². The fourth-order valence-corrected chi connectivity index (χ4v) is 1.56. The highest BCUT2D eigenvalue weighted by atomic mass is 16.2. The number of amides is 1. The van der Waals surface area contributed by atoms with E-state index in [1.807, 2.05) is 27.7 Å². The SMILES string of the molecule is Cc1cc(C(=O)NC2CC2)nc(NC(C)(C)C)n1. The molecule has 1 aromatic rings. The predicted octanol–water partition coefficient (Wildman–Crippen LogP) is 1.89. The van der Waals surface area contributed by atoms with E-state index in [0.717, 1.165) is 18.5 Å². The van der Waals surface area contributed by atoms with E-state index in [-0.39, 0.29) is 11.4 Å². The van der Waals surface area contributed by atoms with Gasteiger partial charge in [0.1, 0.15) is 5.69 Å². The number of anilines is 1. The van der Waals surface area contributed by atoms with Gasteiger partial charge in [-0.1, -0.05) is 0 Å². The van der Waals surface area contributed by atoms with Gasteiger partial charge in [0.05, 0.1) is 0 Å². The summed E-state index contributed by atoms with van der Waals surface area (Å²) in [5.74, 6) is 0.392. The van der Waals surface area contributed by atoms with E-state index in [2.05, 4.69) is 20.6 Å². The zero-order chi connectivity index (χ0) is 13.3. The van der Waals surface area contributed by atoms with Crippen molar-refractivity contribution in [3.8, 4) is 0 Å². The van der Waals surface area contributed by atoms with Gasteiger partial charge in [0.15, 0.2) is 0 Å². The minimum atomic E-state index is -0.127. The topological polar surface area (TPSA) is 66.9 Å². The Morgan fingerprint density at radius 2 is 2.00 bits per heavy atom. The number of aryl methyl sites for hydroxylation is 1. The van der Waals surface area contributed by atoms with Gasteiger partial charge in [0, 0.05) is 17.3 Å². The van der Waals surface area contributed by atoms with Crippen LogP contribution in [0.25, 0.3) is 0 Å². The van der Waals surface area contributed by atoms with E-state index in [0.29, 0.717) is 17.7 Å². The molecule has 2 rings (SSSR count). The molecule has 1 amide bonds. The van der Waals surface area contributed by atoms with Gasteiger partial charge < -0.3 is 10.6 Å². The number of nitrogens with one attached hydrogen (secondary N) is 2. The molecule has 0 spiro atoms. The number of aromatic nitrogens is 2. The molecule has 2 N–H and O–H groups in total. The van der Waals surface area contributed by atoms with Crippen molar-refractivity contribution in [1.82, 2.24) is 15.3 Å². The first-order valence-electron chi connectivity index (χ1n) is 6.28.